The van der Waals surface area contributed by atoms with E-state index < -0.39 is 0 Å². The number of thioether (sulfide) groups is 1. The van der Waals surface area contributed by atoms with Crippen LogP contribution in [0, 0.1) is 0 Å². The predicted octanol–water partition coefficient (Wildman–Crippen LogP) is 5.74. The molecule has 1 saturated heterocycles. The van der Waals surface area contributed by atoms with Crippen LogP contribution < -0.4 is 19.1 Å². The summed E-state index contributed by atoms with van der Waals surface area (Å²) in [5.41, 5.74) is 2.37. The maximum Gasteiger partial charge on any atom is 0.270 e. The summed E-state index contributed by atoms with van der Waals surface area (Å²) in [5, 5.41) is 0.403. The van der Waals surface area contributed by atoms with E-state index in [2.05, 4.69) is 4.98 Å². The number of halogens is 1. The topological polar surface area (TPSA) is 60.9 Å². The van der Waals surface area contributed by atoms with Crippen LogP contribution in [0.1, 0.15) is 11.1 Å². The van der Waals surface area contributed by atoms with Crippen molar-refractivity contribution in [1.82, 2.24) is 4.98 Å². The van der Waals surface area contributed by atoms with Crippen LogP contribution in [0.2, 0.25) is 5.02 Å². The lowest BCUT2D eigenvalue weighted by Gasteiger charge is -2.15. The van der Waals surface area contributed by atoms with Crippen molar-refractivity contribution in [3.63, 3.8) is 0 Å². The fourth-order valence-electron chi connectivity index (χ4n) is 3.17. The van der Waals surface area contributed by atoms with Gasteiger partial charge in [-0.25, -0.2) is 0 Å². The summed E-state index contributed by atoms with van der Waals surface area (Å²) < 4.78 is 17.0. The van der Waals surface area contributed by atoms with Crippen molar-refractivity contribution in [2.24, 2.45) is 0 Å². The van der Waals surface area contributed by atoms with Gasteiger partial charge in [-0.05, 0) is 59.7 Å². The number of pyridine rings is 1. The summed E-state index contributed by atoms with van der Waals surface area (Å²) in [6.45, 7) is 0.390. The third-order valence-electron chi connectivity index (χ3n) is 4.82. The van der Waals surface area contributed by atoms with Crippen LogP contribution in [0.25, 0.3) is 6.08 Å². The highest BCUT2D eigenvalue weighted by Gasteiger charge is 2.33. The van der Waals surface area contributed by atoms with Gasteiger partial charge in [-0.3, -0.25) is 14.7 Å². The zero-order valence-corrected chi connectivity index (χ0v) is 20.2. The molecule has 3 aromatic rings. The number of carbonyl (C=O) groups is 1. The fraction of sp³-hybridized carbons (Fsp3) is 0.125. The normalized spacial score (nSPS) is 14.6. The number of benzene rings is 2. The summed E-state index contributed by atoms with van der Waals surface area (Å²) in [6, 6.07) is 14.4. The Balaban J connectivity index is 1.54. The Labute approximate surface area is 206 Å². The first-order chi connectivity index (χ1) is 16.0. The van der Waals surface area contributed by atoms with Crippen LogP contribution in [-0.4, -0.2) is 29.4 Å². The molecule has 0 N–H and O–H groups in total. The molecule has 6 nitrogen and oxygen atoms in total. The Morgan fingerprint density at radius 3 is 2.45 bits per heavy atom. The molecule has 0 radical (unpaired) electrons. The van der Waals surface area contributed by atoms with Gasteiger partial charge in [0, 0.05) is 12.4 Å². The molecule has 9 heteroatoms. The molecule has 1 aromatic heterocycles. The third kappa shape index (κ3) is 5.13. The lowest BCUT2D eigenvalue weighted by molar-refractivity contribution is -0.113. The van der Waals surface area contributed by atoms with E-state index in [9.17, 15) is 4.79 Å². The zero-order chi connectivity index (χ0) is 23.4. The van der Waals surface area contributed by atoms with Crippen molar-refractivity contribution >= 4 is 57.6 Å². The molecule has 1 amide bonds. The number of ether oxygens (including phenoxy) is 3. The molecule has 1 aliphatic heterocycles. The van der Waals surface area contributed by atoms with Gasteiger partial charge in [0.2, 0.25) is 0 Å². The van der Waals surface area contributed by atoms with Gasteiger partial charge in [0.15, 0.2) is 15.8 Å². The zero-order valence-electron chi connectivity index (χ0n) is 17.8. The number of thiocarbonyl (C=S) groups is 1. The first-order valence-electron chi connectivity index (χ1n) is 9.81. The average molecular weight is 499 g/mol. The van der Waals surface area contributed by atoms with Gasteiger partial charge < -0.3 is 14.2 Å². The van der Waals surface area contributed by atoms with Crippen molar-refractivity contribution in [3.05, 3.63) is 82.0 Å². The largest absolute Gasteiger partial charge is 0.495 e. The van der Waals surface area contributed by atoms with Crippen LogP contribution >= 0.6 is 35.6 Å². The number of methoxy groups -OCH3 is 2. The Hall–Kier alpha value is -3.07. The van der Waals surface area contributed by atoms with Crippen LogP contribution in [0.4, 0.5) is 5.69 Å². The van der Waals surface area contributed by atoms with Crippen molar-refractivity contribution in [2.45, 2.75) is 6.61 Å². The highest BCUT2D eigenvalue weighted by Crippen LogP contribution is 2.39. The Morgan fingerprint density at radius 2 is 1.76 bits per heavy atom. The molecule has 168 valence electrons. The van der Waals surface area contributed by atoms with E-state index in [-0.39, 0.29) is 5.91 Å². The lowest BCUT2D eigenvalue weighted by atomic mass is 10.1. The Kier molecular flexibility index (Phi) is 7.17. The average Bonchev–Trinajstić information content (AvgIpc) is 3.11. The standard InChI is InChI=1S/C24H19ClN2O4S2/c1-29-19-6-4-17(13-18(19)25)27-23(28)22(33-24(27)32)12-16-3-5-20(21(11-16)30-2)31-14-15-7-9-26-10-8-15/h3-13H,14H2,1-2H3/b22-12+. The maximum absolute atomic E-state index is 13.1. The van der Waals surface area contributed by atoms with E-state index in [1.807, 2.05) is 30.3 Å². The molecule has 0 spiro atoms. The SMILES string of the molecule is COc1ccc(N2C(=O)/C(=C\c3ccc(OCc4ccncc4)c(OC)c3)SC2=S)cc1Cl. The van der Waals surface area contributed by atoms with E-state index in [1.54, 1.807) is 43.8 Å². The van der Waals surface area contributed by atoms with Crippen LogP contribution in [0.3, 0.4) is 0 Å². The molecule has 1 aliphatic rings. The Morgan fingerprint density at radius 1 is 1.03 bits per heavy atom. The second-order valence-electron chi connectivity index (χ2n) is 6.89. The van der Waals surface area contributed by atoms with E-state index in [4.69, 9.17) is 38.0 Å². The summed E-state index contributed by atoms with van der Waals surface area (Å²) >= 11 is 12.9. The number of nitrogens with zero attached hydrogens (tertiary/aromatic N) is 2. The minimum atomic E-state index is -0.219. The number of anilines is 1. The maximum atomic E-state index is 13.1. The van der Waals surface area contributed by atoms with Gasteiger partial charge in [-0.1, -0.05) is 41.6 Å². The molecular weight excluding hydrogens is 480 g/mol. The second-order valence-corrected chi connectivity index (χ2v) is 8.97. The molecule has 0 bridgehead atoms. The second kappa shape index (κ2) is 10.2. The summed E-state index contributed by atoms with van der Waals surface area (Å²) in [7, 11) is 3.11. The molecule has 4 rings (SSSR count). The van der Waals surface area contributed by atoms with Gasteiger partial charge in [-0.2, -0.15) is 0 Å². The number of carbonyl (C=O) groups excluding carboxylic acids is 1. The number of hydrogen-bond acceptors (Lipinski definition) is 7. The van der Waals surface area contributed by atoms with Crippen molar-refractivity contribution in [2.75, 3.05) is 19.1 Å². The van der Waals surface area contributed by atoms with Crippen molar-refractivity contribution < 1.29 is 19.0 Å². The lowest BCUT2D eigenvalue weighted by Crippen LogP contribution is -2.27. The molecule has 0 aliphatic carbocycles. The summed E-state index contributed by atoms with van der Waals surface area (Å²) in [6.07, 6.45) is 5.21. The van der Waals surface area contributed by atoms with Gasteiger partial charge >= 0.3 is 0 Å². The molecule has 2 aromatic carbocycles. The number of amides is 1. The van der Waals surface area contributed by atoms with E-state index in [0.29, 0.717) is 43.8 Å². The molecule has 2 heterocycles. The van der Waals surface area contributed by atoms with Crippen molar-refractivity contribution in [3.8, 4) is 17.2 Å². The number of rotatable bonds is 7. The molecule has 0 unspecified atom stereocenters. The summed E-state index contributed by atoms with van der Waals surface area (Å²) in [5.74, 6) is 1.48. The number of aromatic nitrogens is 1. The molecule has 0 atom stereocenters. The predicted molar refractivity (Wildman–Crippen MR) is 135 cm³/mol. The van der Waals surface area contributed by atoms with E-state index in [1.165, 1.54) is 23.8 Å². The minimum absolute atomic E-state index is 0.219. The van der Waals surface area contributed by atoms with Gasteiger partial charge in [0.1, 0.15) is 12.4 Å². The van der Waals surface area contributed by atoms with Gasteiger partial charge in [-0.15, -0.1) is 0 Å². The summed E-state index contributed by atoms with van der Waals surface area (Å²) in [4.78, 5) is 19.0. The first-order valence-corrected chi connectivity index (χ1v) is 11.4. The highest BCUT2D eigenvalue weighted by atomic mass is 35.5. The minimum Gasteiger partial charge on any atom is -0.495 e. The Bertz CT molecular complexity index is 1230. The smallest absolute Gasteiger partial charge is 0.270 e. The molecule has 0 saturated carbocycles. The van der Waals surface area contributed by atoms with Gasteiger partial charge in [0.05, 0.1) is 29.8 Å². The molecule has 33 heavy (non-hydrogen) atoms. The van der Waals surface area contributed by atoms with E-state index in [0.717, 1.165) is 11.1 Å². The highest BCUT2D eigenvalue weighted by molar-refractivity contribution is 8.27. The third-order valence-corrected chi connectivity index (χ3v) is 6.41. The monoisotopic (exact) mass is 498 g/mol. The quantitative estimate of drug-likeness (QED) is 0.304. The number of hydrogen-bond donors (Lipinski definition) is 0. The van der Waals surface area contributed by atoms with E-state index >= 15 is 0 Å². The van der Waals surface area contributed by atoms with Crippen LogP contribution in [0.15, 0.2) is 65.8 Å². The fourth-order valence-corrected chi connectivity index (χ4v) is 4.72. The van der Waals surface area contributed by atoms with Crippen LogP contribution in [0.5, 0.6) is 17.2 Å². The first kappa shape index (κ1) is 23.1. The van der Waals surface area contributed by atoms with Crippen molar-refractivity contribution in [1.29, 1.82) is 0 Å². The molecular formula is C24H19ClN2O4S2. The molecule has 1 fully saturated rings. The van der Waals surface area contributed by atoms with Gasteiger partial charge in [0.25, 0.3) is 5.91 Å². The van der Waals surface area contributed by atoms with Crippen LogP contribution in [-0.2, 0) is 11.4 Å².